The molecule has 0 saturated heterocycles. The predicted octanol–water partition coefficient (Wildman–Crippen LogP) is 2.84. The number of aromatic nitrogens is 1. The summed E-state index contributed by atoms with van der Waals surface area (Å²) in [6.07, 6.45) is 0. The van der Waals surface area contributed by atoms with Crippen molar-refractivity contribution >= 4 is 42.9 Å². The maximum atomic E-state index is 14.1. The largest absolute Gasteiger partial charge is 0.383 e. The molecule has 0 radical (unpaired) electrons. The monoisotopic (exact) mass is 372 g/mol. The number of halogens is 1. The Hall–Kier alpha value is -1.55. The average molecular weight is 372 g/mol. The molecule has 0 aliphatic rings. The van der Waals surface area contributed by atoms with Gasteiger partial charge in [0.05, 0.1) is 16.8 Å². The van der Waals surface area contributed by atoms with Crippen molar-refractivity contribution in [3.05, 3.63) is 46.3 Å². The van der Waals surface area contributed by atoms with Crippen molar-refractivity contribution in [1.82, 2.24) is 4.57 Å². The van der Waals surface area contributed by atoms with Crippen LogP contribution in [-0.4, -0.2) is 26.7 Å². The number of rotatable bonds is 5. The summed E-state index contributed by atoms with van der Waals surface area (Å²) in [4.78, 5) is 0.232. The number of para-hydroxylation sites is 1. The first-order valence-electron chi connectivity index (χ1n) is 6.64. The summed E-state index contributed by atoms with van der Waals surface area (Å²) >= 11 is 2.24. The topological polar surface area (TPSA) is 60.7 Å². The summed E-state index contributed by atoms with van der Waals surface area (Å²) in [6, 6.07) is 7.82. The van der Waals surface area contributed by atoms with Crippen LogP contribution in [0, 0.1) is 5.82 Å². The lowest BCUT2D eigenvalue weighted by atomic mass is 10.3. The van der Waals surface area contributed by atoms with E-state index >= 15 is 0 Å². The maximum Gasteiger partial charge on any atom is 0.294 e. The molecule has 0 fully saturated rings. The second kappa shape index (κ2) is 6.52. The number of nitrogens with zero attached hydrogens (tertiary/aromatic N) is 2. The van der Waals surface area contributed by atoms with Gasteiger partial charge in [-0.25, -0.2) is 4.39 Å². The number of hydrogen-bond donors (Lipinski definition) is 0. The van der Waals surface area contributed by atoms with Crippen LogP contribution in [0.2, 0.25) is 0 Å². The van der Waals surface area contributed by atoms with E-state index in [2.05, 4.69) is 4.40 Å². The molecular formula is C14H13FN2O3S3. The van der Waals surface area contributed by atoms with Gasteiger partial charge in [0.15, 0.2) is 0 Å². The number of thiazole rings is 1. The highest BCUT2D eigenvalue weighted by Crippen LogP contribution is 2.22. The molecule has 1 aromatic carbocycles. The van der Waals surface area contributed by atoms with Crippen molar-refractivity contribution in [2.45, 2.75) is 10.8 Å². The van der Waals surface area contributed by atoms with Crippen molar-refractivity contribution in [2.24, 2.45) is 4.40 Å². The highest BCUT2D eigenvalue weighted by Gasteiger charge is 2.16. The molecule has 0 amide bonds. The van der Waals surface area contributed by atoms with E-state index in [1.54, 1.807) is 28.1 Å². The molecule has 122 valence electrons. The highest BCUT2D eigenvalue weighted by molar-refractivity contribution is 7.92. The Labute approximate surface area is 140 Å². The number of fused-ring (bicyclic) bond motifs is 1. The quantitative estimate of drug-likeness (QED) is 0.692. The molecule has 0 aliphatic carbocycles. The number of methoxy groups -OCH3 is 1. The zero-order chi connectivity index (χ0) is 16.4. The van der Waals surface area contributed by atoms with Crippen LogP contribution in [0.5, 0.6) is 0 Å². The first-order valence-corrected chi connectivity index (χ1v) is 9.78. The van der Waals surface area contributed by atoms with Gasteiger partial charge in [-0.2, -0.15) is 8.42 Å². The zero-order valence-corrected chi connectivity index (χ0v) is 14.5. The Morgan fingerprint density at radius 3 is 2.83 bits per heavy atom. The van der Waals surface area contributed by atoms with Gasteiger partial charge in [0.25, 0.3) is 10.0 Å². The van der Waals surface area contributed by atoms with E-state index in [0.29, 0.717) is 23.4 Å². The van der Waals surface area contributed by atoms with Gasteiger partial charge >= 0.3 is 0 Å². The molecule has 3 aromatic rings. The maximum absolute atomic E-state index is 14.1. The van der Waals surface area contributed by atoms with Gasteiger partial charge in [-0.15, -0.1) is 15.7 Å². The van der Waals surface area contributed by atoms with Gasteiger partial charge in [0.1, 0.15) is 10.0 Å². The molecule has 0 spiro atoms. The molecule has 3 rings (SSSR count). The molecule has 0 unspecified atom stereocenters. The summed E-state index contributed by atoms with van der Waals surface area (Å²) in [6.45, 7) is 0.641. The lowest BCUT2D eigenvalue weighted by Crippen LogP contribution is -2.19. The number of ether oxygens (including phenoxy) is 1. The third kappa shape index (κ3) is 3.23. The van der Waals surface area contributed by atoms with Crippen LogP contribution in [-0.2, 0) is 21.3 Å². The molecule has 2 aromatic heterocycles. The normalized spacial score (nSPS) is 13.0. The number of thiophene rings is 1. The van der Waals surface area contributed by atoms with Crippen molar-refractivity contribution in [3.63, 3.8) is 0 Å². The van der Waals surface area contributed by atoms with Crippen molar-refractivity contribution in [2.75, 3.05) is 13.7 Å². The summed E-state index contributed by atoms with van der Waals surface area (Å²) < 4.78 is 50.2. The third-order valence-corrected chi connectivity index (χ3v) is 6.92. The molecule has 23 heavy (non-hydrogen) atoms. The minimum atomic E-state index is -3.81. The summed E-state index contributed by atoms with van der Waals surface area (Å²) in [5.41, 5.74) is 0.342. The van der Waals surface area contributed by atoms with Gasteiger partial charge in [0.2, 0.25) is 4.80 Å². The van der Waals surface area contributed by atoms with Crippen molar-refractivity contribution < 1.29 is 17.5 Å². The first kappa shape index (κ1) is 16.3. The fourth-order valence-electron chi connectivity index (χ4n) is 2.10. The number of sulfonamides is 1. The standard InChI is InChI=1S/C14H13FN2O3S3/c1-20-8-7-17-13-10(15)4-2-5-11(13)22-14(17)16-23(18,19)12-6-3-9-21-12/h2-6,9H,7-8H2,1H3. The van der Waals surface area contributed by atoms with E-state index < -0.39 is 15.8 Å². The Bertz CT molecular complexity index is 988. The van der Waals surface area contributed by atoms with Gasteiger partial charge in [-0.3, -0.25) is 0 Å². The van der Waals surface area contributed by atoms with Gasteiger partial charge in [-0.1, -0.05) is 23.5 Å². The molecule has 0 bridgehead atoms. The molecule has 0 N–H and O–H groups in total. The van der Waals surface area contributed by atoms with E-state index in [1.165, 1.54) is 19.2 Å². The van der Waals surface area contributed by atoms with Crippen molar-refractivity contribution in [1.29, 1.82) is 0 Å². The first-order chi connectivity index (χ1) is 11.0. The van der Waals surface area contributed by atoms with E-state index in [1.807, 2.05) is 0 Å². The van der Waals surface area contributed by atoms with Crippen LogP contribution in [0.4, 0.5) is 4.39 Å². The van der Waals surface area contributed by atoms with E-state index in [0.717, 1.165) is 22.7 Å². The second-order valence-electron chi connectivity index (χ2n) is 4.61. The Morgan fingerprint density at radius 2 is 2.13 bits per heavy atom. The van der Waals surface area contributed by atoms with Gasteiger partial charge < -0.3 is 9.30 Å². The van der Waals surface area contributed by atoms with Crippen LogP contribution < -0.4 is 4.80 Å². The fraction of sp³-hybridized carbons (Fsp3) is 0.214. The number of hydrogen-bond acceptors (Lipinski definition) is 5. The van der Waals surface area contributed by atoms with E-state index in [-0.39, 0.29) is 9.01 Å². The minimum absolute atomic E-state index is 0.161. The lowest BCUT2D eigenvalue weighted by Gasteiger charge is -2.04. The van der Waals surface area contributed by atoms with Crippen LogP contribution in [0.15, 0.2) is 44.3 Å². The summed E-state index contributed by atoms with van der Waals surface area (Å²) in [5.74, 6) is -0.412. The molecule has 0 saturated carbocycles. The molecule has 0 aliphatic heterocycles. The average Bonchev–Trinajstić information content (AvgIpc) is 3.13. The van der Waals surface area contributed by atoms with Crippen LogP contribution >= 0.6 is 22.7 Å². The van der Waals surface area contributed by atoms with Crippen LogP contribution in [0.25, 0.3) is 10.2 Å². The third-order valence-electron chi connectivity index (χ3n) is 3.12. The lowest BCUT2D eigenvalue weighted by molar-refractivity contribution is 0.187. The zero-order valence-electron chi connectivity index (χ0n) is 12.1. The summed E-state index contributed by atoms with van der Waals surface area (Å²) in [7, 11) is -2.28. The molecule has 9 heteroatoms. The molecule has 0 atom stereocenters. The van der Waals surface area contributed by atoms with Gasteiger partial charge in [-0.05, 0) is 23.6 Å². The predicted molar refractivity (Wildman–Crippen MR) is 88.7 cm³/mol. The molecular weight excluding hydrogens is 359 g/mol. The van der Waals surface area contributed by atoms with E-state index in [4.69, 9.17) is 4.74 Å². The van der Waals surface area contributed by atoms with Crippen LogP contribution in [0.3, 0.4) is 0 Å². The summed E-state index contributed by atoms with van der Waals surface area (Å²) in [5, 5.41) is 1.67. The Balaban J connectivity index is 2.24. The van der Waals surface area contributed by atoms with Crippen molar-refractivity contribution in [3.8, 4) is 0 Å². The smallest absolute Gasteiger partial charge is 0.294 e. The molecule has 2 heterocycles. The van der Waals surface area contributed by atoms with Gasteiger partial charge in [0, 0.05) is 13.7 Å². The Morgan fingerprint density at radius 1 is 1.30 bits per heavy atom. The highest BCUT2D eigenvalue weighted by atomic mass is 32.2. The van der Waals surface area contributed by atoms with Crippen LogP contribution in [0.1, 0.15) is 0 Å². The number of benzene rings is 1. The second-order valence-corrected chi connectivity index (χ2v) is 8.40. The Kier molecular flexibility index (Phi) is 4.62. The van der Waals surface area contributed by atoms with E-state index in [9.17, 15) is 12.8 Å². The minimum Gasteiger partial charge on any atom is -0.383 e. The molecule has 5 nitrogen and oxygen atoms in total. The SMILES string of the molecule is COCCn1c(=NS(=O)(=O)c2cccs2)sc2cccc(F)c21. The fourth-order valence-corrected chi connectivity index (χ4v) is 5.35.